The summed E-state index contributed by atoms with van der Waals surface area (Å²) in [6.07, 6.45) is 0.347. The Kier molecular flexibility index (Phi) is 2.15. The zero-order valence-corrected chi connectivity index (χ0v) is 6.52. The van der Waals surface area contributed by atoms with Crippen molar-refractivity contribution in [2.24, 2.45) is 5.73 Å². The Bertz CT molecular complexity index is 233. The van der Waals surface area contributed by atoms with Gasteiger partial charge in [-0.15, -0.1) is 0 Å². The molecule has 0 aromatic heterocycles. The lowest BCUT2D eigenvalue weighted by Gasteiger charge is -2.31. The standard InChI is InChI=1S/C5H9F2NO2S/c6-5(7)11(9,10)4-1-3(8)2-4/h3-5H,1-2,8H2. The zero-order valence-electron chi connectivity index (χ0n) is 5.70. The minimum absolute atomic E-state index is 0.173. The van der Waals surface area contributed by atoms with Gasteiger partial charge in [0, 0.05) is 6.04 Å². The minimum atomic E-state index is -4.19. The lowest BCUT2D eigenvalue weighted by atomic mass is 9.94. The van der Waals surface area contributed by atoms with Crippen molar-refractivity contribution in [3.63, 3.8) is 0 Å². The van der Waals surface area contributed by atoms with E-state index in [1.54, 1.807) is 0 Å². The van der Waals surface area contributed by atoms with Crippen LogP contribution in [0.3, 0.4) is 0 Å². The minimum Gasteiger partial charge on any atom is -0.328 e. The maximum Gasteiger partial charge on any atom is 0.337 e. The Hall–Kier alpha value is -0.230. The van der Waals surface area contributed by atoms with Gasteiger partial charge in [-0.1, -0.05) is 0 Å². The summed E-state index contributed by atoms with van der Waals surface area (Å²) >= 11 is 0. The second-order valence-corrected chi connectivity index (χ2v) is 4.90. The number of hydrogen-bond donors (Lipinski definition) is 1. The lowest BCUT2D eigenvalue weighted by Crippen LogP contribution is -2.46. The van der Waals surface area contributed by atoms with E-state index in [1.165, 1.54) is 0 Å². The highest BCUT2D eigenvalue weighted by Gasteiger charge is 2.41. The number of sulfone groups is 1. The molecule has 0 atom stereocenters. The summed E-state index contributed by atoms with van der Waals surface area (Å²) < 4.78 is 44.9. The third kappa shape index (κ3) is 1.51. The predicted octanol–water partition coefficient (Wildman–Crippen LogP) is 0.113. The summed E-state index contributed by atoms with van der Waals surface area (Å²) in [4.78, 5) is 0. The third-order valence-electron chi connectivity index (χ3n) is 1.84. The molecule has 0 aromatic rings. The molecule has 2 N–H and O–H groups in total. The molecule has 6 heteroatoms. The summed E-state index contributed by atoms with van der Waals surface area (Å²) in [5.74, 6) is -3.25. The Morgan fingerprint density at radius 3 is 2.09 bits per heavy atom. The van der Waals surface area contributed by atoms with Gasteiger partial charge in [0.2, 0.25) is 9.84 Å². The first-order valence-electron chi connectivity index (χ1n) is 3.21. The largest absolute Gasteiger partial charge is 0.337 e. The maximum atomic E-state index is 11.8. The third-order valence-corrected chi connectivity index (χ3v) is 3.66. The first-order valence-corrected chi connectivity index (χ1v) is 4.82. The second-order valence-electron chi connectivity index (χ2n) is 2.70. The van der Waals surface area contributed by atoms with Crippen molar-refractivity contribution in [1.29, 1.82) is 0 Å². The van der Waals surface area contributed by atoms with Gasteiger partial charge in [-0.3, -0.25) is 0 Å². The van der Waals surface area contributed by atoms with Crippen molar-refractivity contribution >= 4 is 9.84 Å². The fourth-order valence-electron chi connectivity index (χ4n) is 1.02. The van der Waals surface area contributed by atoms with Crippen LogP contribution in [0.25, 0.3) is 0 Å². The molecule has 0 radical (unpaired) electrons. The molecule has 3 nitrogen and oxygen atoms in total. The van der Waals surface area contributed by atoms with Crippen LogP contribution in [0, 0.1) is 0 Å². The first kappa shape index (κ1) is 8.86. The Balaban J connectivity index is 2.62. The van der Waals surface area contributed by atoms with Gasteiger partial charge in [0.25, 0.3) is 0 Å². The highest BCUT2D eigenvalue weighted by Crippen LogP contribution is 2.28. The van der Waals surface area contributed by atoms with Gasteiger partial charge < -0.3 is 5.73 Å². The first-order chi connectivity index (χ1) is 4.94. The van der Waals surface area contributed by atoms with E-state index >= 15 is 0 Å². The molecule has 11 heavy (non-hydrogen) atoms. The summed E-state index contributed by atoms with van der Waals surface area (Å²) in [7, 11) is -4.19. The van der Waals surface area contributed by atoms with E-state index < -0.39 is 20.8 Å². The number of nitrogens with two attached hydrogens (primary N) is 1. The number of hydrogen-bond acceptors (Lipinski definition) is 3. The number of rotatable bonds is 2. The van der Waals surface area contributed by atoms with Crippen LogP contribution in [0.5, 0.6) is 0 Å². The zero-order chi connectivity index (χ0) is 8.65. The van der Waals surface area contributed by atoms with Crippen LogP contribution in [-0.4, -0.2) is 25.5 Å². The van der Waals surface area contributed by atoms with E-state index in [4.69, 9.17) is 5.73 Å². The fraction of sp³-hybridized carbons (Fsp3) is 1.00. The molecule has 0 bridgehead atoms. The van der Waals surface area contributed by atoms with Gasteiger partial charge in [0.1, 0.15) is 0 Å². The molecule has 1 rings (SSSR count). The Labute approximate surface area is 63.5 Å². The van der Waals surface area contributed by atoms with Crippen molar-refractivity contribution < 1.29 is 17.2 Å². The van der Waals surface area contributed by atoms with E-state index in [-0.39, 0.29) is 18.9 Å². The highest BCUT2D eigenvalue weighted by atomic mass is 32.2. The molecule has 0 unspecified atom stereocenters. The molecule has 0 aliphatic heterocycles. The molecule has 0 aromatic carbocycles. The normalized spacial score (nSPS) is 32.0. The van der Waals surface area contributed by atoms with Gasteiger partial charge in [-0.2, -0.15) is 8.78 Å². The molecule has 0 saturated heterocycles. The molecular weight excluding hydrogens is 176 g/mol. The average molecular weight is 185 g/mol. The van der Waals surface area contributed by atoms with Crippen molar-refractivity contribution in [1.82, 2.24) is 0 Å². The SMILES string of the molecule is NC1CC(S(=O)(=O)C(F)F)C1. The van der Waals surface area contributed by atoms with E-state index in [2.05, 4.69) is 0 Å². The van der Waals surface area contributed by atoms with Crippen molar-refractivity contribution in [2.45, 2.75) is 29.9 Å². The van der Waals surface area contributed by atoms with Gasteiger partial charge in [-0.05, 0) is 12.8 Å². The van der Waals surface area contributed by atoms with Crippen molar-refractivity contribution in [3.8, 4) is 0 Å². The molecule has 66 valence electrons. The predicted molar refractivity (Wildman–Crippen MR) is 35.9 cm³/mol. The monoisotopic (exact) mass is 185 g/mol. The van der Waals surface area contributed by atoms with Crippen molar-refractivity contribution in [2.75, 3.05) is 0 Å². The van der Waals surface area contributed by atoms with E-state index in [1.807, 2.05) is 0 Å². The summed E-state index contributed by atoms with van der Waals surface area (Å²) in [5, 5.41) is -0.905. The van der Waals surface area contributed by atoms with Crippen LogP contribution in [0.1, 0.15) is 12.8 Å². The van der Waals surface area contributed by atoms with Gasteiger partial charge >= 0.3 is 5.76 Å². The summed E-state index contributed by atoms with van der Waals surface area (Å²) in [6.45, 7) is 0. The Morgan fingerprint density at radius 2 is 1.82 bits per heavy atom. The quantitative estimate of drug-likeness (QED) is 0.664. The second kappa shape index (κ2) is 2.67. The fourth-order valence-corrected chi connectivity index (χ4v) is 2.34. The summed E-state index contributed by atoms with van der Waals surface area (Å²) in [6, 6.07) is -0.214. The van der Waals surface area contributed by atoms with E-state index in [0.717, 1.165) is 0 Å². The summed E-state index contributed by atoms with van der Waals surface area (Å²) in [5.41, 5.74) is 5.26. The van der Waals surface area contributed by atoms with E-state index in [9.17, 15) is 17.2 Å². The molecule has 0 amide bonds. The van der Waals surface area contributed by atoms with Crippen LogP contribution in [0.4, 0.5) is 8.78 Å². The molecule has 1 aliphatic carbocycles. The molecule has 1 aliphatic rings. The maximum absolute atomic E-state index is 11.8. The molecule has 1 saturated carbocycles. The van der Waals surface area contributed by atoms with Crippen LogP contribution >= 0.6 is 0 Å². The number of halogens is 2. The molecule has 0 heterocycles. The highest BCUT2D eigenvalue weighted by molar-refractivity contribution is 7.92. The van der Waals surface area contributed by atoms with Gasteiger partial charge in [0.15, 0.2) is 0 Å². The van der Waals surface area contributed by atoms with E-state index in [0.29, 0.717) is 0 Å². The van der Waals surface area contributed by atoms with Crippen LogP contribution in [0.2, 0.25) is 0 Å². The molecule has 1 fully saturated rings. The van der Waals surface area contributed by atoms with Gasteiger partial charge in [0.05, 0.1) is 5.25 Å². The smallest absolute Gasteiger partial charge is 0.328 e. The lowest BCUT2D eigenvalue weighted by molar-refractivity contribution is 0.227. The number of alkyl halides is 2. The van der Waals surface area contributed by atoms with Crippen LogP contribution < -0.4 is 5.73 Å². The Morgan fingerprint density at radius 1 is 1.36 bits per heavy atom. The topological polar surface area (TPSA) is 60.2 Å². The van der Waals surface area contributed by atoms with Crippen molar-refractivity contribution in [3.05, 3.63) is 0 Å². The van der Waals surface area contributed by atoms with Crippen LogP contribution in [0.15, 0.2) is 0 Å². The average Bonchev–Trinajstić information content (AvgIpc) is 1.80. The van der Waals surface area contributed by atoms with Crippen LogP contribution in [-0.2, 0) is 9.84 Å². The van der Waals surface area contributed by atoms with Gasteiger partial charge in [-0.25, -0.2) is 8.42 Å². The molecular formula is C5H9F2NO2S. The molecule has 0 spiro atoms.